The molecule has 2 heterocycles. The van der Waals surface area contributed by atoms with Crippen molar-refractivity contribution >= 4 is 17.2 Å². The quantitative estimate of drug-likeness (QED) is 0.903. The van der Waals surface area contributed by atoms with Crippen LogP contribution in [-0.2, 0) is 6.54 Å². The molecule has 0 unspecified atom stereocenters. The van der Waals surface area contributed by atoms with Crippen molar-refractivity contribution in [2.45, 2.75) is 6.54 Å². The maximum atomic E-state index is 5.63. The van der Waals surface area contributed by atoms with Crippen molar-refractivity contribution < 1.29 is 0 Å². The normalized spacial score (nSPS) is 14.6. The van der Waals surface area contributed by atoms with E-state index in [0.717, 1.165) is 26.2 Å². The molecule has 3 rings (SSSR count). The summed E-state index contributed by atoms with van der Waals surface area (Å²) in [7, 11) is 2.14. The fourth-order valence-electron chi connectivity index (χ4n) is 2.52. The molecule has 100 valence electrons. The van der Waals surface area contributed by atoms with Gasteiger partial charge < -0.3 is 15.5 Å². The van der Waals surface area contributed by atoms with E-state index < -0.39 is 0 Å². The van der Waals surface area contributed by atoms with Crippen LogP contribution in [0.25, 0.3) is 0 Å². The summed E-state index contributed by atoms with van der Waals surface area (Å²) in [6.07, 6.45) is 1.93. The van der Waals surface area contributed by atoms with Crippen molar-refractivity contribution in [3.8, 4) is 0 Å². The predicted molar refractivity (Wildman–Crippen MR) is 78.6 cm³/mol. The number of fused-ring (bicyclic) bond motifs is 1. The highest BCUT2D eigenvalue weighted by atomic mass is 15.3. The van der Waals surface area contributed by atoms with Gasteiger partial charge in [-0.05, 0) is 18.2 Å². The molecule has 0 saturated heterocycles. The van der Waals surface area contributed by atoms with Gasteiger partial charge in [-0.2, -0.15) is 5.10 Å². The van der Waals surface area contributed by atoms with Crippen LogP contribution in [0.3, 0.4) is 0 Å². The van der Waals surface area contributed by atoms with Crippen molar-refractivity contribution in [1.82, 2.24) is 9.78 Å². The topological polar surface area (TPSA) is 50.3 Å². The smallest absolute Gasteiger partial charge is 0.145 e. The van der Waals surface area contributed by atoms with Gasteiger partial charge in [0.25, 0.3) is 0 Å². The highest BCUT2D eigenvalue weighted by Gasteiger charge is 2.19. The second-order valence-electron chi connectivity index (χ2n) is 4.90. The van der Waals surface area contributed by atoms with Crippen molar-refractivity contribution in [1.29, 1.82) is 0 Å². The van der Waals surface area contributed by atoms with E-state index in [1.807, 2.05) is 16.9 Å². The molecule has 1 aliphatic rings. The number of nitrogens with zero attached hydrogens (tertiary/aromatic N) is 4. The average Bonchev–Trinajstić information content (AvgIpc) is 2.84. The maximum Gasteiger partial charge on any atom is 0.145 e. The predicted octanol–water partition coefficient (Wildman–Crippen LogP) is 1.42. The number of para-hydroxylation sites is 2. The molecule has 0 bridgehead atoms. The highest BCUT2D eigenvalue weighted by molar-refractivity contribution is 5.72. The summed E-state index contributed by atoms with van der Waals surface area (Å²) >= 11 is 0. The van der Waals surface area contributed by atoms with Gasteiger partial charge in [0.2, 0.25) is 0 Å². The number of rotatable bonds is 3. The van der Waals surface area contributed by atoms with E-state index in [4.69, 9.17) is 5.73 Å². The van der Waals surface area contributed by atoms with Crippen molar-refractivity contribution in [2.75, 3.05) is 42.2 Å². The second-order valence-corrected chi connectivity index (χ2v) is 4.90. The molecule has 0 radical (unpaired) electrons. The largest absolute Gasteiger partial charge is 0.382 e. The van der Waals surface area contributed by atoms with Crippen molar-refractivity contribution in [2.24, 2.45) is 0 Å². The lowest BCUT2D eigenvalue weighted by Crippen LogP contribution is -2.40. The van der Waals surface area contributed by atoms with E-state index in [1.165, 1.54) is 11.4 Å². The van der Waals surface area contributed by atoms with Crippen LogP contribution in [0.4, 0.5) is 17.2 Å². The fourth-order valence-corrected chi connectivity index (χ4v) is 2.52. The van der Waals surface area contributed by atoms with E-state index in [9.17, 15) is 0 Å². The van der Waals surface area contributed by atoms with E-state index in [1.54, 1.807) is 0 Å². The summed E-state index contributed by atoms with van der Waals surface area (Å²) in [5.74, 6) is 0.582. The summed E-state index contributed by atoms with van der Waals surface area (Å²) in [6, 6.07) is 10.4. The summed E-state index contributed by atoms with van der Waals surface area (Å²) in [6.45, 7) is 3.91. The molecule has 2 aromatic rings. The Hall–Kier alpha value is -2.17. The number of benzene rings is 1. The van der Waals surface area contributed by atoms with Crippen LogP contribution in [0, 0.1) is 0 Å². The Bertz CT molecular complexity index is 562. The molecule has 1 aromatic carbocycles. The van der Waals surface area contributed by atoms with Crippen LogP contribution < -0.4 is 15.5 Å². The summed E-state index contributed by atoms with van der Waals surface area (Å²) in [4.78, 5) is 4.71. The molecule has 0 spiro atoms. The maximum absolute atomic E-state index is 5.63. The van der Waals surface area contributed by atoms with Crippen LogP contribution in [0.5, 0.6) is 0 Å². The zero-order valence-corrected chi connectivity index (χ0v) is 11.2. The Labute approximate surface area is 113 Å². The van der Waals surface area contributed by atoms with E-state index in [0.29, 0.717) is 5.82 Å². The minimum absolute atomic E-state index is 0.582. The van der Waals surface area contributed by atoms with E-state index in [2.05, 4.69) is 46.2 Å². The summed E-state index contributed by atoms with van der Waals surface area (Å²) in [5.41, 5.74) is 8.23. The number of anilines is 3. The minimum Gasteiger partial charge on any atom is -0.382 e. The molecule has 5 heteroatoms. The highest BCUT2D eigenvalue weighted by Crippen LogP contribution is 2.31. The first-order valence-corrected chi connectivity index (χ1v) is 6.58. The molecular weight excluding hydrogens is 238 g/mol. The molecule has 2 N–H and O–H groups in total. The molecule has 0 aliphatic carbocycles. The van der Waals surface area contributed by atoms with Gasteiger partial charge in [-0.15, -0.1) is 0 Å². The zero-order chi connectivity index (χ0) is 13.2. The molecule has 1 aromatic heterocycles. The monoisotopic (exact) mass is 257 g/mol. The van der Waals surface area contributed by atoms with Gasteiger partial charge >= 0.3 is 0 Å². The molecule has 0 atom stereocenters. The lowest BCUT2D eigenvalue weighted by atomic mass is 10.2. The molecule has 1 aliphatic heterocycles. The van der Waals surface area contributed by atoms with Gasteiger partial charge in [0.05, 0.1) is 17.9 Å². The number of hydrogen-bond donors (Lipinski definition) is 1. The molecule has 0 saturated carbocycles. The van der Waals surface area contributed by atoms with Crippen molar-refractivity contribution in [3.05, 3.63) is 36.5 Å². The van der Waals surface area contributed by atoms with Crippen LogP contribution in [0.2, 0.25) is 0 Å². The number of nitrogens with two attached hydrogens (primary N) is 1. The first-order valence-electron chi connectivity index (χ1n) is 6.58. The SMILES string of the molecule is CN1CCN(CCn2ccc(N)n2)c2ccccc21. The third kappa shape index (κ3) is 2.36. The third-order valence-electron chi connectivity index (χ3n) is 3.60. The second kappa shape index (κ2) is 4.84. The standard InChI is InChI=1S/C14H19N5/c1-17-8-9-18(13-5-3-2-4-12(13)17)10-11-19-7-6-14(15)16-19/h2-7H,8-11H2,1H3,(H2,15,16). The fraction of sp³-hybridized carbons (Fsp3) is 0.357. The Balaban J connectivity index is 1.74. The van der Waals surface area contributed by atoms with Gasteiger partial charge in [0.15, 0.2) is 0 Å². The molecule has 0 fully saturated rings. The van der Waals surface area contributed by atoms with Crippen LogP contribution in [-0.4, -0.2) is 36.5 Å². The number of nitrogen functional groups attached to an aromatic ring is 1. The van der Waals surface area contributed by atoms with Gasteiger partial charge in [-0.1, -0.05) is 12.1 Å². The first-order chi connectivity index (χ1) is 9.24. The molecule has 0 amide bonds. The average molecular weight is 257 g/mol. The van der Waals surface area contributed by atoms with Gasteiger partial charge in [-0.3, -0.25) is 4.68 Å². The molecule has 5 nitrogen and oxygen atoms in total. The number of likely N-dealkylation sites (N-methyl/N-ethyl adjacent to an activating group) is 1. The lowest BCUT2D eigenvalue weighted by Gasteiger charge is -2.37. The Morgan fingerprint density at radius 2 is 1.89 bits per heavy atom. The van der Waals surface area contributed by atoms with Crippen molar-refractivity contribution in [3.63, 3.8) is 0 Å². The van der Waals surface area contributed by atoms with E-state index >= 15 is 0 Å². The first kappa shape index (κ1) is 11.9. The Morgan fingerprint density at radius 1 is 1.11 bits per heavy atom. The Kier molecular flexibility index (Phi) is 3.03. The summed E-state index contributed by atoms with van der Waals surface area (Å²) in [5, 5.41) is 4.22. The molecule has 19 heavy (non-hydrogen) atoms. The van der Waals surface area contributed by atoms with Crippen LogP contribution >= 0.6 is 0 Å². The number of aromatic nitrogens is 2. The third-order valence-corrected chi connectivity index (χ3v) is 3.60. The lowest BCUT2D eigenvalue weighted by molar-refractivity contribution is 0.591. The van der Waals surface area contributed by atoms with E-state index in [-0.39, 0.29) is 0 Å². The minimum atomic E-state index is 0.582. The van der Waals surface area contributed by atoms with Crippen LogP contribution in [0.15, 0.2) is 36.5 Å². The van der Waals surface area contributed by atoms with Gasteiger partial charge in [0.1, 0.15) is 5.82 Å². The zero-order valence-electron chi connectivity index (χ0n) is 11.2. The van der Waals surface area contributed by atoms with Crippen LogP contribution in [0.1, 0.15) is 0 Å². The van der Waals surface area contributed by atoms with Gasteiger partial charge in [0, 0.05) is 32.9 Å². The van der Waals surface area contributed by atoms with Gasteiger partial charge in [-0.25, -0.2) is 0 Å². The molecular formula is C14H19N5. The number of hydrogen-bond acceptors (Lipinski definition) is 4. The Morgan fingerprint density at radius 3 is 2.63 bits per heavy atom. The summed E-state index contributed by atoms with van der Waals surface area (Å²) < 4.78 is 1.90.